The van der Waals surface area contributed by atoms with Crippen molar-refractivity contribution in [2.24, 2.45) is 0 Å². The number of hydrogen-bond donors (Lipinski definition) is 1. The predicted octanol–water partition coefficient (Wildman–Crippen LogP) is 1.84. The van der Waals surface area contributed by atoms with Crippen LogP contribution in [0.5, 0.6) is 5.75 Å². The van der Waals surface area contributed by atoms with Gasteiger partial charge in [0, 0.05) is 19.6 Å². The van der Waals surface area contributed by atoms with Gasteiger partial charge < -0.3 is 14.6 Å². The smallest absolute Gasteiger partial charge is 0.119 e. The summed E-state index contributed by atoms with van der Waals surface area (Å²) in [6.07, 6.45) is -0.496. The highest BCUT2D eigenvalue weighted by Crippen LogP contribution is 2.22. The number of aliphatic hydroxyl groups is 1. The second-order valence-electron chi connectivity index (χ2n) is 5.64. The number of benzene rings is 1. The lowest BCUT2D eigenvalue weighted by Gasteiger charge is -2.38. The van der Waals surface area contributed by atoms with Gasteiger partial charge in [0.15, 0.2) is 0 Å². The fraction of sp³-hybridized carbons (Fsp3) is 0.600. The van der Waals surface area contributed by atoms with Crippen LogP contribution >= 0.6 is 0 Å². The van der Waals surface area contributed by atoms with Crippen molar-refractivity contribution >= 4 is 0 Å². The highest BCUT2D eigenvalue weighted by Gasteiger charge is 2.28. The van der Waals surface area contributed by atoms with Crippen molar-refractivity contribution in [3.8, 4) is 5.75 Å². The summed E-state index contributed by atoms with van der Waals surface area (Å²) in [4.78, 5) is 2.24. The third kappa shape index (κ3) is 3.93. The minimum atomic E-state index is -0.496. The molecule has 19 heavy (non-hydrogen) atoms. The van der Waals surface area contributed by atoms with E-state index in [4.69, 9.17) is 9.47 Å². The molecule has 1 aliphatic rings. The van der Waals surface area contributed by atoms with Gasteiger partial charge in [-0.25, -0.2) is 0 Å². The van der Waals surface area contributed by atoms with E-state index in [0.717, 1.165) is 31.0 Å². The molecule has 1 aliphatic heterocycles. The number of methoxy groups -OCH3 is 1. The lowest BCUT2D eigenvalue weighted by Crippen LogP contribution is -2.49. The van der Waals surface area contributed by atoms with E-state index < -0.39 is 6.10 Å². The van der Waals surface area contributed by atoms with Crippen molar-refractivity contribution < 1.29 is 14.6 Å². The molecule has 1 unspecified atom stereocenters. The zero-order valence-electron chi connectivity index (χ0n) is 11.9. The molecule has 4 nitrogen and oxygen atoms in total. The van der Waals surface area contributed by atoms with Crippen molar-refractivity contribution in [3.63, 3.8) is 0 Å². The van der Waals surface area contributed by atoms with Crippen LogP contribution in [0.1, 0.15) is 25.5 Å². The van der Waals surface area contributed by atoms with Crippen LogP contribution in [0, 0.1) is 0 Å². The maximum absolute atomic E-state index is 10.3. The van der Waals surface area contributed by atoms with Gasteiger partial charge in [-0.2, -0.15) is 0 Å². The minimum Gasteiger partial charge on any atom is -0.497 e. The highest BCUT2D eigenvalue weighted by atomic mass is 16.5. The lowest BCUT2D eigenvalue weighted by molar-refractivity contribution is -0.0932. The molecule has 0 aliphatic carbocycles. The van der Waals surface area contributed by atoms with Gasteiger partial charge in [0.05, 0.1) is 25.4 Å². The first-order chi connectivity index (χ1) is 9.00. The normalized spacial score (nSPS) is 21.1. The molecule has 0 amide bonds. The SMILES string of the molecule is COc1cccc(C(O)CN2CCOC(C)(C)C2)c1. The summed E-state index contributed by atoms with van der Waals surface area (Å²) in [7, 11) is 1.63. The van der Waals surface area contributed by atoms with Crippen molar-refractivity contribution in [2.75, 3.05) is 33.4 Å². The summed E-state index contributed by atoms with van der Waals surface area (Å²) >= 11 is 0. The summed E-state index contributed by atoms with van der Waals surface area (Å²) in [5, 5.41) is 10.3. The lowest BCUT2D eigenvalue weighted by atomic mass is 10.0. The molecule has 0 bridgehead atoms. The largest absolute Gasteiger partial charge is 0.497 e. The number of β-amino-alcohol motifs (C(OH)–C–C–N with tert-alkyl or cyclic N) is 1. The number of hydrogen-bond acceptors (Lipinski definition) is 4. The van der Waals surface area contributed by atoms with Crippen LogP contribution in [0.3, 0.4) is 0 Å². The third-order valence-electron chi connectivity index (χ3n) is 3.41. The summed E-state index contributed by atoms with van der Waals surface area (Å²) in [6.45, 7) is 7.21. The van der Waals surface area contributed by atoms with Crippen LogP contribution < -0.4 is 4.74 Å². The fourth-order valence-electron chi connectivity index (χ4n) is 2.47. The van der Waals surface area contributed by atoms with Crippen LogP contribution in [-0.4, -0.2) is 49.0 Å². The maximum atomic E-state index is 10.3. The molecule has 1 aromatic carbocycles. The van der Waals surface area contributed by atoms with E-state index in [0.29, 0.717) is 6.54 Å². The molecule has 0 saturated carbocycles. The van der Waals surface area contributed by atoms with Crippen molar-refractivity contribution in [3.05, 3.63) is 29.8 Å². The van der Waals surface area contributed by atoms with Crippen LogP contribution in [0.2, 0.25) is 0 Å². The van der Waals surface area contributed by atoms with Crippen LogP contribution in [0.25, 0.3) is 0 Å². The Morgan fingerprint density at radius 3 is 2.95 bits per heavy atom. The Hall–Kier alpha value is -1.10. The Morgan fingerprint density at radius 2 is 2.26 bits per heavy atom. The van der Waals surface area contributed by atoms with Gasteiger partial charge in [-0.3, -0.25) is 4.90 Å². The molecule has 1 saturated heterocycles. The average molecular weight is 265 g/mol. The average Bonchev–Trinajstić information content (AvgIpc) is 2.37. The van der Waals surface area contributed by atoms with Gasteiger partial charge in [0.2, 0.25) is 0 Å². The second-order valence-corrected chi connectivity index (χ2v) is 5.64. The van der Waals surface area contributed by atoms with Crippen LogP contribution in [0.4, 0.5) is 0 Å². The van der Waals surface area contributed by atoms with E-state index in [-0.39, 0.29) is 5.60 Å². The molecular formula is C15H23NO3. The van der Waals surface area contributed by atoms with E-state index in [1.807, 2.05) is 24.3 Å². The Balaban J connectivity index is 1.98. The molecule has 0 radical (unpaired) electrons. The molecule has 1 aromatic rings. The van der Waals surface area contributed by atoms with Gasteiger partial charge in [-0.15, -0.1) is 0 Å². The zero-order valence-corrected chi connectivity index (χ0v) is 11.9. The monoisotopic (exact) mass is 265 g/mol. The van der Waals surface area contributed by atoms with Crippen molar-refractivity contribution in [1.82, 2.24) is 4.90 Å². The highest BCUT2D eigenvalue weighted by molar-refractivity contribution is 5.29. The van der Waals surface area contributed by atoms with E-state index >= 15 is 0 Å². The summed E-state index contributed by atoms with van der Waals surface area (Å²) < 4.78 is 10.9. The first kappa shape index (κ1) is 14.3. The van der Waals surface area contributed by atoms with E-state index in [1.54, 1.807) is 7.11 Å². The number of ether oxygens (including phenoxy) is 2. The van der Waals surface area contributed by atoms with E-state index in [1.165, 1.54) is 0 Å². The molecule has 0 spiro atoms. The number of morpholine rings is 1. The summed E-state index contributed by atoms with van der Waals surface area (Å²) in [5.41, 5.74) is 0.760. The fourth-order valence-corrected chi connectivity index (χ4v) is 2.47. The first-order valence-corrected chi connectivity index (χ1v) is 6.68. The Kier molecular flexibility index (Phi) is 4.45. The summed E-state index contributed by atoms with van der Waals surface area (Å²) in [6, 6.07) is 7.60. The van der Waals surface area contributed by atoms with Crippen LogP contribution in [0.15, 0.2) is 24.3 Å². The van der Waals surface area contributed by atoms with Gasteiger partial charge in [-0.05, 0) is 31.5 Å². The van der Waals surface area contributed by atoms with Crippen LogP contribution in [-0.2, 0) is 4.74 Å². The molecule has 0 aromatic heterocycles. The first-order valence-electron chi connectivity index (χ1n) is 6.68. The van der Waals surface area contributed by atoms with Gasteiger partial charge in [0.25, 0.3) is 0 Å². The summed E-state index contributed by atoms with van der Waals surface area (Å²) in [5.74, 6) is 0.777. The molecule has 4 heteroatoms. The number of nitrogens with zero attached hydrogens (tertiary/aromatic N) is 1. The molecular weight excluding hydrogens is 242 g/mol. The number of aliphatic hydroxyl groups excluding tert-OH is 1. The zero-order chi connectivity index (χ0) is 13.9. The molecule has 1 N–H and O–H groups in total. The van der Waals surface area contributed by atoms with Gasteiger partial charge >= 0.3 is 0 Å². The molecule has 1 atom stereocenters. The predicted molar refractivity (Wildman–Crippen MR) is 74.4 cm³/mol. The quantitative estimate of drug-likeness (QED) is 0.902. The number of rotatable bonds is 4. The van der Waals surface area contributed by atoms with Gasteiger partial charge in [0.1, 0.15) is 5.75 Å². The Morgan fingerprint density at radius 1 is 1.47 bits per heavy atom. The van der Waals surface area contributed by atoms with E-state index in [2.05, 4.69) is 18.7 Å². The second kappa shape index (κ2) is 5.90. The Labute approximate surface area is 114 Å². The molecule has 106 valence electrons. The third-order valence-corrected chi connectivity index (χ3v) is 3.41. The Bertz CT molecular complexity index is 420. The van der Waals surface area contributed by atoms with Gasteiger partial charge in [-0.1, -0.05) is 12.1 Å². The topological polar surface area (TPSA) is 41.9 Å². The minimum absolute atomic E-state index is 0.133. The van der Waals surface area contributed by atoms with Crippen molar-refractivity contribution in [1.29, 1.82) is 0 Å². The molecule has 2 rings (SSSR count). The standard InChI is InChI=1S/C15H23NO3/c1-15(2)11-16(7-8-19-15)10-14(17)12-5-4-6-13(9-12)18-3/h4-6,9,14,17H,7-8,10-11H2,1-3H3. The molecule has 1 fully saturated rings. The van der Waals surface area contributed by atoms with E-state index in [9.17, 15) is 5.11 Å². The maximum Gasteiger partial charge on any atom is 0.119 e. The molecule has 1 heterocycles. The van der Waals surface area contributed by atoms with Crippen molar-refractivity contribution in [2.45, 2.75) is 25.6 Å².